The zero-order valence-electron chi connectivity index (χ0n) is 12.3. The minimum Gasteiger partial charge on any atom is -0.481 e. The Labute approximate surface area is 125 Å². The maximum Gasteiger partial charge on any atom is 0.310 e. The fraction of sp³-hybridized carbons (Fsp3) is 0.278. The molecule has 1 atom stereocenters. The molecule has 0 saturated carbocycles. The molecule has 0 radical (unpaired) electrons. The first-order valence-electron chi connectivity index (χ1n) is 7.23. The third-order valence-electron chi connectivity index (χ3n) is 3.61. The van der Waals surface area contributed by atoms with Crippen molar-refractivity contribution in [3.05, 3.63) is 71.3 Å². The highest BCUT2D eigenvalue weighted by Crippen LogP contribution is 2.15. The molecule has 0 aliphatic carbocycles. The molecule has 0 bridgehead atoms. The molecule has 21 heavy (non-hydrogen) atoms. The molecule has 0 aromatic heterocycles. The molecule has 0 heterocycles. The Morgan fingerprint density at radius 2 is 1.71 bits per heavy atom. The first kappa shape index (κ1) is 15.3. The normalized spacial score (nSPS) is 12.0. The molecule has 2 rings (SSSR count). The fourth-order valence-corrected chi connectivity index (χ4v) is 2.18. The van der Waals surface area contributed by atoms with Gasteiger partial charge >= 0.3 is 5.97 Å². The Balaban J connectivity index is 1.77. The van der Waals surface area contributed by atoms with Gasteiger partial charge in [0.15, 0.2) is 0 Å². The lowest BCUT2D eigenvalue weighted by molar-refractivity contribution is -0.138. The number of carboxylic acids is 1. The predicted molar refractivity (Wildman–Crippen MR) is 84.3 cm³/mol. The van der Waals surface area contributed by atoms with E-state index in [0.717, 1.165) is 25.1 Å². The lowest BCUT2D eigenvalue weighted by Crippen LogP contribution is -2.16. The van der Waals surface area contributed by atoms with E-state index in [4.69, 9.17) is 5.11 Å². The number of rotatable bonds is 7. The summed E-state index contributed by atoms with van der Waals surface area (Å²) in [5.41, 5.74) is 3.34. The van der Waals surface area contributed by atoms with Crippen molar-refractivity contribution in [2.45, 2.75) is 25.8 Å². The van der Waals surface area contributed by atoms with Gasteiger partial charge < -0.3 is 10.4 Å². The summed E-state index contributed by atoms with van der Waals surface area (Å²) in [4.78, 5) is 10.9. The monoisotopic (exact) mass is 283 g/mol. The molecule has 2 aromatic rings. The zero-order chi connectivity index (χ0) is 15.1. The van der Waals surface area contributed by atoms with Gasteiger partial charge in [0.1, 0.15) is 0 Å². The van der Waals surface area contributed by atoms with E-state index in [2.05, 4.69) is 29.6 Å². The van der Waals surface area contributed by atoms with E-state index in [1.807, 2.05) is 30.3 Å². The van der Waals surface area contributed by atoms with Crippen LogP contribution in [0.25, 0.3) is 0 Å². The molecular formula is C18H21NO2. The maximum atomic E-state index is 10.9. The topological polar surface area (TPSA) is 49.3 Å². The molecule has 0 amide bonds. The van der Waals surface area contributed by atoms with Gasteiger partial charge in [-0.2, -0.15) is 0 Å². The number of carboxylic acid groups (broad SMARTS) is 1. The van der Waals surface area contributed by atoms with Crippen LogP contribution in [0.5, 0.6) is 0 Å². The van der Waals surface area contributed by atoms with Crippen molar-refractivity contribution in [1.29, 1.82) is 0 Å². The summed E-state index contributed by atoms with van der Waals surface area (Å²) in [7, 11) is 0. The van der Waals surface area contributed by atoms with Crippen molar-refractivity contribution in [2.24, 2.45) is 0 Å². The maximum absolute atomic E-state index is 10.9. The van der Waals surface area contributed by atoms with Crippen LogP contribution in [-0.2, 0) is 17.8 Å². The molecule has 3 heteroatoms. The summed E-state index contributed by atoms with van der Waals surface area (Å²) in [5, 5.41) is 12.4. The SMILES string of the molecule is CC(C(=O)O)c1ccc(CNCCc2ccccc2)cc1. The molecule has 110 valence electrons. The first-order valence-corrected chi connectivity index (χ1v) is 7.23. The summed E-state index contributed by atoms with van der Waals surface area (Å²) >= 11 is 0. The van der Waals surface area contributed by atoms with Crippen molar-refractivity contribution >= 4 is 5.97 Å². The second-order valence-corrected chi connectivity index (χ2v) is 5.21. The van der Waals surface area contributed by atoms with Crippen LogP contribution in [0, 0.1) is 0 Å². The minimum atomic E-state index is -0.788. The molecule has 2 aromatic carbocycles. The lowest BCUT2D eigenvalue weighted by atomic mass is 10.00. The quantitative estimate of drug-likeness (QED) is 0.767. The van der Waals surface area contributed by atoms with Crippen molar-refractivity contribution in [3.63, 3.8) is 0 Å². The standard InChI is InChI=1S/C18H21NO2/c1-14(18(20)21)17-9-7-16(8-10-17)13-19-12-11-15-5-3-2-4-6-15/h2-10,14,19H,11-13H2,1H3,(H,20,21). The average Bonchev–Trinajstić information content (AvgIpc) is 2.52. The van der Waals surface area contributed by atoms with Crippen molar-refractivity contribution < 1.29 is 9.90 Å². The summed E-state index contributed by atoms with van der Waals surface area (Å²) in [6, 6.07) is 18.2. The molecule has 0 aliphatic heterocycles. The van der Waals surface area contributed by atoms with E-state index >= 15 is 0 Å². The predicted octanol–water partition coefficient (Wildman–Crippen LogP) is 3.21. The largest absolute Gasteiger partial charge is 0.481 e. The second kappa shape index (κ2) is 7.60. The van der Waals surface area contributed by atoms with Crippen LogP contribution in [0.1, 0.15) is 29.5 Å². The summed E-state index contributed by atoms with van der Waals surface area (Å²) in [6.07, 6.45) is 1.01. The molecule has 3 nitrogen and oxygen atoms in total. The molecule has 0 spiro atoms. The van der Waals surface area contributed by atoms with Crippen LogP contribution < -0.4 is 5.32 Å². The van der Waals surface area contributed by atoms with Gasteiger partial charge in [-0.1, -0.05) is 54.6 Å². The highest BCUT2D eigenvalue weighted by Gasteiger charge is 2.12. The smallest absolute Gasteiger partial charge is 0.310 e. The summed E-state index contributed by atoms with van der Waals surface area (Å²) in [6.45, 7) is 3.43. The molecular weight excluding hydrogens is 262 g/mol. The second-order valence-electron chi connectivity index (χ2n) is 5.21. The number of nitrogens with one attached hydrogen (secondary N) is 1. The van der Waals surface area contributed by atoms with Gasteiger partial charge in [0.25, 0.3) is 0 Å². The van der Waals surface area contributed by atoms with Gasteiger partial charge in [0.2, 0.25) is 0 Å². The number of hydrogen-bond donors (Lipinski definition) is 2. The van der Waals surface area contributed by atoms with Crippen LogP contribution in [0.3, 0.4) is 0 Å². The average molecular weight is 283 g/mol. The van der Waals surface area contributed by atoms with E-state index < -0.39 is 11.9 Å². The number of benzene rings is 2. The van der Waals surface area contributed by atoms with Gasteiger partial charge in [0.05, 0.1) is 5.92 Å². The highest BCUT2D eigenvalue weighted by atomic mass is 16.4. The molecule has 0 aliphatic rings. The van der Waals surface area contributed by atoms with Gasteiger partial charge in [0, 0.05) is 6.54 Å². The van der Waals surface area contributed by atoms with Crippen LogP contribution in [0.4, 0.5) is 0 Å². The van der Waals surface area contributed by atoms with Crippen LogP contribution >= 0.6 is 0 Å². The zero-order valence-corrected chi connectivity index (χ0v) is 12.3. The summed E-state index contributed by atoms with van der Waals surface area (Å²) < 4.78 is 0. The molecule has 1 unspecified atom stereocenters. The Hall–Kier alpha value is -2.13. The van der Waals surface area contributed by atoms with Crippen molar-refractivity contribution in [3.8, 4) is 0 Å². The number of aliphatic carboxylic acids is 1. The first-order chi connectivity index (χ1) is 10.2. The highest BCUT2D eigenvalue weighted by molar-refractivity contribution is 5.75. The van der Waals surface area contributed by atoms with E-state index in [9.17, 15) is 4.79 Å². The van der Waals surface area contributed by atoms with Gasteiger partial charge in [-0.05, 0) is 36.6 Å². The fourth-order valence-electron chi connectivity index (χ4n) is 2.18. The third kappa shape index (κ3) is 4.72. The minimum absolute atomic E-state index is 0.454. The Kier molecular flexibility index (Phi) is 5.52. The van der Waals surface area contributed by atoms with Crippen molar-refractivity contribution in [2.75, 3.05) is 6.54 Å². The third-order valence-corrected chi connectivity index (χ3v) is 3.61. The van der Waals surface area contributed by atoms with Crippen LogP contribution in [0.15, 0.2) is 54.6 Å². The number of carbonyl (C=O) groups is 1. The molecule has 0 saturated heterocycles. The van der Waals surface area contributed by atoms with Crippen LogP contribution in [0.2, 0.25) is 0 Å². The van der Waals surface area contributed by atoms with Crippen molar-refractivity contribution in [1.82, 2.24) is 5.32 Å². The van der Waals surface area contributed by atoms with E-state index in [0.29, 0.717) is 0 Å². The Bertz CT molecular complexity index is 564. The van der Waals surface area contributed by atoms with E-state index in [-0.39, 0.29) is 0 Å². The van der Waals surface area contributed by atoms with Gasteiger partial charge in [-0.15, -0.1) is 0 Å². The van der Waals surface area contributed by atoms with E-state index in [1.165, 1.54) is 11.1 Å². The molecule has 0 fully saturated rings. The Morgan fingerprint density at radius 1 is 1.05 bits per heavy atom. The Morgan fingerprint density at radius 3 is 2.33 bits per heavy atom. The lowest BCUT2D eigenvalue weighted by Gasteiger charge is -2.09. The van der Waals surface area contributed by atoms with Crippen LogP contribution in [-0.4, -0.2) is 17.6 Å². The van der Waals surface area contributed by atoms with Gasteiger partial charge in [-0.25, -0.2) is 0 Å². The molecule has 2 N–H and O–H groups in total. The van der Waals surface area contributed by atoms with Gasteiger partial charge in [-0.3, -0.25) is 4.79 Å². The summed E-state index contributed by atoms with van der Waals surface area (Å²) in [5.74, 6) is -1.24. The number of hydrogen-bond acceptors (Lipinski definition) is 2. The van der Waals surface area contributed by atoms with E-state index in [1.54, 1.807) is 6.92 Å².